The third-order valence-corrected chi connectivity index (χ3v) is 7.39. The molecule has 5 rings (SSSR count). The molecule has 2 unspecified atom stereocenters. The molecule has 0 bridgehead atoms. The van der Waals surface area contributed by atoms with Gasteiger partial charge < -0.3 is 15.0 Å². The van der Waals surface area contributed by atoms with Crippen molar-refractivity contribution < 1.29 is 14.3 Å². The number of allylic oxidation sites excluding steroid dienone is 1. The van der Waals surface area contributed by atoms with Crippen molar-refractivity contribution in [3.8, 4) is 5.75 Å². The molecule has 1 N–H and O–H groups in total. The van der Waals surface area contributed by atoms with Crippen molar-refractivity contribution in [2.75, 3.05) is 6.54 Å². The van der Waals surface area contributed by atoms with Gasteiger partial charge in [0.2, 0.25) is 5.91 Å². The van der Waals surface area contributed by atoms with Crippen LogP contribution in [-0.4, -0.2) is 40.2 Å². The molecule has 0 radical (unpaired) electrons. The molecule has 0 aromatic heterocycles. The topological polar surface area (TPSA) is 61.9 Å². The molecule has 3 aliphatic rings. The van der Waals surface area contributed by atoms with E-state index in [1.165, 1.54) is 31.4 Å². The molecule has 0 aliphatic carbocycles. The summed E-state index contributed by atoms with van der Waals surface area (Å²) in [6, 6.07) is 14.4. The van der Waals surface area contributed by atoms with Crippen LogP contribution in [0, 0.1) is 0 Å². The summed E-state index contributed by atoms with van der Waals surface area (Å²) < 4.78 is 6.17. The van der Waals surface area contributed by atoms with Crippen molar-refractivity contribution in [3.63, 3.8) is 0 Å². The molecule has 2 saturated heterocycles. The number of benzene rings is 2. The number of amides is 2. The Morgan fingerprint density at radius 1 is 1.06 bits per heavy atom. The maximum atomic E-state index is 13.0. The van der Waals surface area contributed by atoms with Crippen LogP contribution in [0.25, 0.3) is 0 Å². The Morgan fingerprint density at radius 3 is 2.62 bits per heavy atom. The molecule has 2 amide bonds. The molecule has 34 heavy (non-hydrogen) atoms. The van der Waals surface area contributed by atoms with Crippen molar-refractivity contribution >= 4 is 11.8 Å². The van der Waals surface area contributed by atoms with E-state index in [1.54, 1.807) is 4.90 Å². The highest BCUT2D eigenvalue weighted by Crippen LogP contribution is 2.34. The Labute approximate surface area is 201 Å². The number of hydrogen-bond acceptors (Lipinski definition) is 4. The molecule has 3 heterocycles. The van der Waals surface area contributed by atoms with Gasteiger partial charge >= 0.3 is 0 Å². The minimum Gasteiger partial charge on any atom is -0.489 e. The van der Waals surface area contributed by atoms with Crippen molar-refractivity contribution in [2.24, 2.45) is 0 Å². The minimum atomic E-state index is -0.464. The van der Waals surface area contributed by atoms with E-state index >= 15 is 0 Å². The van der Waals surface area contributed by atoms with E-state index in [1.807, 2.05) is 18.2 Å². The smallest absolute Gasteiger partial charge is 0.255 e. The van der Waals surface area contributed by atoms with E-state index in [0.717, 1.165) is 17.7 Å². The number of fused-ring (bicyclic) bond motifs is 1. The van der Waals surface area contributed by atoms with Crippen LogP contribution in [0.1, 0.15) is 66.1 Å². The Balaban J connectivity index is 1.23. The average Bonchev–Trinajstić information content (AvgIpc) is 3.17. The fourth-order valence-corrected chi connectivity index (χ4v) is 5.30. The summed E-state index contributed by atoms with van der Waals surface area (Å²) in [6.45, 7) is 9.16. The lowest BCUT2D eigenvalue weighted by molar-refractivity contribution is -0.126. The number of carbonyl (C=O) groups excluding carboxylic acids is 2. The van der Waals surface area contributed by atoms with Gasteiger partial charge in [0, 0.05) is 29.4 Å². The molecule has 2 aromatic rings. The molecule has 178 valence electrons. The second-order valence-corrected chi connectivity index (χ2v) is 9.78. The fourth-order valence-electron chi connectivity index (χ4n) is 5.30. The molecule has 6 heteroatoms. The summed E-state index contributed by atoms with van der Waals surface area (Å²) in [5.74, 6) is 0.448. The maximum absolute atomic E-state index is 13.0. The highest BCUT2D eigenvalue weighted by Gasteiger charge is 2.39. The molecule has 3 aliphatic heterocycles. The Bertz CT molecular complexity index is 1090. The zero-order chi connectivity index (χ0) is 23.7. The lowest BCUT2D eigenvalue weighted by Crippen LogP contribution is -2.49. The van der Waals surface area contributed by atoms with Crippen LogP contribution in [0.15, 0.2) is 54.7 Å². The van der Waals surface area contributed by atoms with Gasteiger partial charge in [0.15, 0.2) is 0 Å². The molecular weight excluding hydrogens is 426 g/mol. The van der Waals surface area contributed by atoms with Gasteiger partial charge in [-0.15, -0.1) is 0 Å². The average molecular weight is 460 g/mol. The molecule has 6 nitrogen and oxygen atoms in total. The molecule has 2 fully saturated rings. The van der Waals surface area contributed by atoms with E-state index in [4.69, 9.17) is 4.74 Å². The quantitative estimate of drug-likeness (QED) is 0.696. The number of hydrogen-bond donors (Lipinski definition) is 1. The van der Waals surface area contributed by atoms with Crippen LogP contribution in [-0.2, 0) is 24.5 Å². The summed E-state index contributed by atoms with van der Waals surface area (Å²) in [4.78, 5) is 29.7. The van der Waals surface area contributed by atoms with Gasteiger partial charge in [-0.2, -0.15) is 0 Å². The number of likely N-dealkylation sites (tertiary alicyclic amines) is 1. The summed E-state index contributed by atoms with van der Waals surface area (Å²) in [7, 11) is 0. The largest absolute Gasteiger partial charge is 0.489 e. The van der Waals surface area contributed by atoms with E-state index in [0.29, 0.717) is 49.0 Å². The molecule has 2 atom stereocenters. The van der Waals surface area contributed by atoms with Crippen LogP contribution < -0.4 is 10.1 Å². The van der Waals surface area contributed by atoms with E-state index in [-0.39, 0.29) is 11.8 Å². The number of ether oxygens (including phenoxy) is 1. The van der Waals surface area contributed by atoms with Crippen LogP contribution in [0.3, 0.4) is 0 Å². The summed E-state index contributed by atoms with van der Waals surface area (Å²) in [5.41, 5.74) is 4.62. The van der Waals surface area contributed by atoms with Crippen molar-refractivity contribution in [1.82, 2.24) is 15.1 Å². The zero-order valence-corrected chi connectivity index (χ0v) is 19.9. The van der Waals surface area contributed by atoms with Crippen LogP contribution in [0.4, 0.5) is 0 Å². The number of piperidine rings is 2. The van der Waals surface area contributed by atoms with Gasteiger partial charge in [0.1, 0.15) is 18.4 Å². The van der Waals surface area contributed by atoms with Crippen molar-refractivity contribution in [3.05, 3.63) is 77.0 Å². The first-order chi connectivity index (χ1) is 16.5. The second kappa shape index (κ2) is 9.63. The van der Waals surface area contributed by atoms with Gasteiger partial charge in [-0.25, -0.2) is 0 Å². The van der Waals surface area contributed by atoms with Crippen LogP contribution >= 0.6 is 0 Å². The van der Waals surface area contributed by atoms with Gasteiger partial charge in [-0.05, 0) is 62.4 Å². The SMILES string of the molecule is C=C1CCC(N2Cc3c(OCc4ccc(CN5CCCCC5C)cc4)cccc3C2=O)C(=O)N1. The first-order valence-electron chi connectivity index (χ1n) is 12.4. The van der Waals surface area contributed by atoms with Gasteiger partial charge in [-0.3, -0.25) is 14.5 Å². The first kappa shape index (κ1) is 22.7. The van der Waals surface area contributed by atoms with E-state index in [9.17, 15) is 9.59 Å². The highest BCUT2D eigenvalue weighted by atomic mass is 16.5. The second-order valence-electron chi connectivity index (χ2n) is 9.78. The van der Waals surface area contributed by atoms with Gasteiger partial charge in [0.25, 0.3) is 5.91 Å². The Kier molecular flexibility index (Phi) is 6.42. The number of nitrogens with one attached hydrogen (secondary N) is 1. The fraction of sp³-hybridized carbons (Fsp3) is 0.429. The predicted octanol–water partition coefficient (Wildman–Crippen LogP) is 4.39. The number of rotatable bonds is 6. The molecular formula is C28H33N3O3. The molecule has 2 aromatic carbocycles. The lowest BCUT2D eigenvalue weighted by Gasteiger charge is -2.33. The number of nitrogens with zero attached hydrogens (tertiary/aromatic N) is 2. The Morgan fingerprint density at radius 2 is 1.85 bits per heavy atom. The molecule has 0 saturated carbocycles. The predicted molar refractivity (Wildman–Crippen MR) is 131 cm³/mol. The minimum absolute atomic E-state index is 0.107. The monoisotopic (exact) mass is 459 g/mol. The van der Waals surface area contributed by atoms with Gasteiger partial charge in [-0.1, -0.05) is 43.3 Å². The maximum Gasteiger partial charge on any atom is 0.255 e. The van der Waals surface area contributed by atoms with Crippen LogP contribution in [0.5, 0.6) is 5.75 Å². The van der Waals surface area contributed by atoms with Crippen molar-refractivity contribution in [2.45, 2.75) is 70.8 Å². The third-order valence-electron chi connectivity index (χ3n) is 7.39. The molecule has 0 spiro atoms. The lowest BCUT2D eigenvalue weighted by atomic mass is 10.0. The Hall–Kier alpha value is -3.12. The highest BCUT2D eigenvalue weighted by molar-refractivity contribution is 6.02. The standard InChI is InChI=1S/C28H33N3O3/c1-19-9-14-25(27(32)29-19)31-17-24-23(28(31)33)7-5-8-26(24)34-18-22-12-10-21(11-13-22)16-30-15-4-3-6-20(30)2/h5,7-8,10-13,20,25H,1,3-4,6,9,14-18H2,2H3,(H,29,32). The van der Waals surface area contributed by atoms with Crippen LogP contribution in [0.2, 0.25) is 0 Å². The zero-order valence-electron chi connectivity index (χ0n) is 19.9. The van der Waals surface area contributed by atoms with Gasteiger partial charge in [0.05, 0.1) is 6.54 Å². The van der Waals surface area contributed by atoms with E-state index < -0.39 is 6.04 Å². The van der Waals surface area contributed by atoms with E-state index in [2.05, 4.69) is 48.0 Å². The first-order valence-corrected chi connectivity index (χ1v) is 12.4. The third kappa shape index (κ3) is 4.60. The number of carbonyl (C=O) groups is 2. The summed E-state index contributed by atoms with van der Waals surface area (Å²) in [6.07, 6.45) is 5.20. The summed E-state index contributed by atoms with van der Waals surface area (Å²) in [5, 5.41) is 2.79. The van der Waals surface area contributed by atoms with Crippen molar-refractivity contribution in [1.29, 1.82) is 0 Å². The normalized spacial score (nSPS) is 23.1. The summed E-state index contributed by atoms with van der Waals surface area (Å²) >= 11 is 0.